The highest BCUT2D eigenvalue weighted by Crippen LogP contribution is 2.48. The molecule has 0 radical (unpaired) electrons. The Hall–Kier alpha value is -0.130. The Morgan fingerprint density at radius 1 is 1.14 bits per heavy atom. The van der Waals surface area contributed by atoms with E-state index in [4.69, 9.17) is 0 Å². The summed E-state index contributed by atoms with van der Waals surface area (Å²) in [5, 5.41) is 3.64. The number of nitrogens with zero attached hydrogens (tertiary/aromatic N) is 1. The summed E-state index contributed by atoms with van der Waals surface area (Å²) in [5.41, 5.74) is 0.702. The zero-order valence-electron chi connectivity index (χ0n) is 13.7. The van der Waals surface area contributed by atoms with E-state index < -0.39 is 10.0 Å². The molecule has 0 atom stereocenters. The van der Waals surface area contributed by atoms with Crippen LogP contribution in [0.1, 0.15) is 64.7 Å². The Balaban J connectivity index is 1.62. The molecule has 21 heavy (non-hydrogen) atoms. The maximum Gasteiger partial charge on any atom is 0.211 e. The highest BCUT2D eigenvalue weighted by molar-refractivity contribution is 7.88. The first-order valence-corrected chi connectivity index (χ1v) is 10.5. The summed E-state index contributed by atoms with van der Waals surface area (Å²) in [6.07, 6.45) is 13.4. The first kappa shape index (κ1) is 17.2. The largest absolute Gasteiger partial charge is 0.314 e. The summed E-state index contributed by atoms with van der Waals surface area (Å²) >= 11 is 0. The van der Waals surface area contributed by atoms with E-state index in [-0.39, 0.29) is 0 Å². The smallest absolute Gasteiger partial charge is 0.211 e. The minimum atomic E-state index is -3.03. The molecule has 2 fully saturated rings. The van der Waals surface area contributed by atoms with Crippen molar-refractivity contribution in [3.05, 3.63) is 0 Å². The molecule has 0 unspecified atom stereocenters. The van der Waals surface area contributed by atoms with Crippen LogP contribution in [-0.4, -0.2) is 44.7 Å². The zero-order valence-corrected chi connectivity index (χ0v) is 14.6. The lowest BCUT2D eigenvalue weighted by Gasteiger charge is -2.37. The lowest BCUT2D eigenvalue weighted by atomic mass is 9.71. The fourth-order valence-electron chi connectivity index (χ4n) is 4.18. The van der Waals surface area contributed by atoms with Crippen molar-refractivity contribution in [3.8, 4) is 0 Å². The molecule has 2 rings (SSSR count). The predicted molar refractivity (Wildman–Crippen MR) is 87.9 cm³/mol. The van der Waals surface area contributed by atoms with Crippen LogP contribution in [0, 0.1) is 5.41 Å². The van der Waals surface area contributed by atoms with Gasteiger partial charge in [-0.25, -0.2) is 12.7 Å². The predicted octanol–water partition coefficient (Wildman–Crippen LogP) is 2.75. The van der Waals surface area contributed by atoms with Gasteiger partial charge in [0.2, 0.25) is 10.0 Å². The van der Waals surface area contributed by atoms with E-state index in [1.165, 1.54) is 57.6 Å². The lowest BCUT2D eigenvalue weighted by molar-refractivity contribution is 0.168. The van der Waals surface area contributed by atoms with Crippen molar-refractivity contribution in [2.24, 2.45) is 5.41 Å². The number of rotatable bonds is 7. The third-order valence-electron chi connectivity index (χ3n) is 5.55. The van der Waals surface area contributed by atoms with Crippen LogP contribution in [0.5, 0.6) is 0 Å². The van der Waals surface area contributed by atoms with Gasteiger partial charge < -0.3 is 5.32 Å². The Morgan fingerprint density at radius 3 is 2.29 bits per heavy atom. The minimum absolute atomic E-state index is 0.574. The van der Waals surface area contributed by atoms with Crippen LogP contribution in [0.25, 0.3) is 0 Å². The van der Waals surface area contributed by atoms with Gasteiger partial charge >= 0.3 is 0 Å². The molecule has 5 heteroatoms. The highest BCUT2D eigenvalue weighted by atomic mass is 32.2. The molecule has 1 spiro atoms. The van der Waals surface area contributed by atoms with Crippen LogP contribution in [0.15, 0.2) is 0 Å². The first-order valence-electron chi connectivity index (χ1n) is 8.64. The topological polar surface area (TPSA) is 49.4 Å². The van der Waals surface area contributed by atoms with E-state index in [1.54, 1.807) is 4.31 Å². The van der Waals surface area contributed by atoms with E-state index in [1.807, 2.05) is 6.92 Å². The van der Waals surface area contributed by atoms with E-state index in [0.717, 1.165) is 13.0 Å². The molecule has 0 amide bonds. The second-order valence-corrected chi connectivity index (χ2v) is 9.03. The van der Waals surface area contributed by atoms with Gasteiger partial charge in [0.1, 0.15) is 0 Å². The molecule has 2 aliphatic carbocycles. The van der Waals surface area contributed by atoms with Gasteiger partial charge in [0.05, 0.1) is 6.26 Å². The second-order valence-electron chi connectivity index (χ2n) is 7.04. The first-order chi connectivity index (χ1) is 9.95. The number of nitrogens with one attached hydrogen (secondary N) is 1. The summed E-state index contributed by atoms with van der Waals surface area (Å²) in [6.45, 7) is 4.05. The van der Waals surface area contributed by atoms with E-state index >= 15 is 0 Å². The monoisotopic (exact) mass is 316 g/mol. The maximum absolute atomic E-state index is 11.5. The molecule has 2 saturated carbocycles. The van der Waals surface area contributed by atoms with Gasteiger partial charge in [-0.15, -0.1) is 0 Å². The molecule has 0 aromatic heterocycles. The third-order valence-corrected chi connectivity index (χ3v) is 6.93. The van der Waals surface area contributed by atoms with Crippen molar-refractivity contribution >= 4 is 10.0 Å². The molecule has 0 aromatic rings. The molecule has 1 N–H and O–H groups in total. The minimum Gasteiger partial charge on any atom is -0.314 e. The Bertz CT molecular complexity index is 406. The van der Waals surface area contributed by atoms with E-state index in [2.05, 4.69) is 5.32 Å². The fourth-order valence-corrected chi connectivity index (χ4v) is 5.11. The van der Waals surface area contributed by atoms with Crippen molar-refractivity contribution in [1.82, 2.24) is 9.62 Å². The molecule has 0 saturated heterocycles. The van der Waals surface area contributed by atoms with Crippen molar-refractivity contribution in [2.45, 2.75) is 70.8 Å². The molecular formula is C16H32N2O2S. The summed E-state index contributed by atoms with van der Waals surface area (Å²) < 4.78 is 24.6. The zero-order chi connectivity index (χ0) is 15.3. The van der Waals surface area contributed by atoms with Crippen LogP contribution in [0.2, 0.25) is 0 Å². The second kappa shape index (κ2) is 7.42. The summed E-state index contributed by atoms with van der Waals surface area (Å²) in [4.78, 5) is 0. The highest BCUT2D eigenvalue weighted by Gasteiger charge is 2.37. The molecular weight excluding hydrogens is 284 g/mol. The van der Waals surface area contributed by atoms with Crippen molar-refractivity contribution in [3.63, 3.8) is 0 Å². The average Bonchev–Trinajstić information content (AvgIpc) is 2.88. The molecule has 0 heterocycles. The van der Waals surface area contributed by atoms with Crippen molar-refractivity contribution in [1.29, 1.82) is 0 Å². The van der Waals surface area contributed by atoms with Gasteiger partial charge in [0, 0.05) is 19.1 Å². The van der Waals surface area contributed by atoms with Gasteiger partial charge in [0.25, 0.3) is 0 Å². The molecule has 0 aliphatic heterocycles. The fraction of sp³-hybridized carbons (Fsp3) is 1.00. The van der Waals surface area contributed by atoms with Crippen LogP contribution in [-0.2, 0) is 10.0 Å². The molecule has 124 valence electrons. The Morgan fingerprint density at radius 2 is 1.76 bits per heavy atom. The van der Waals surface area contributed by atoms with Gasteiger partial charge in [-0.3, -0.25) is 0 Å². The van der Waals surface area contributed by atoms with Crippen LogP contribution >= 0.6 is 0 Å². The molecule has 0 bridgehead atoms. The van der Waals surface area contributed by atoms with Gasteiger partial charge in [-0.1, -0.05) is 19.8 Å². The standard InChI is InChI=1S/C16H32N2O2S/c1-3-18(21(2,19)20)14-6-13-17-15-7-11-16(12-8-15)9-4-5-10-16/h15,17H,3-14H2,1-2H3. The van der Waals surface area contributed by atoms with Gasteiger partial charge in [-0.05, 0) is 56.9 Å². The number of hydrogen-bond acceptors (Lipinski definition) is 3. The Labute approximate surface area is 130 Å². The average molecular weight is 317 g/mol. The van der Waals surface area contributed by atoms with Crippen molar-refractivity contribution in [2.75, 3.05) is 25.9 Å². The lowest BCUT2D eigenvalue weighted by Crippen LogP contribution is -2.38. The third kappa shape index (κ3) is 4.93. The van der Waals surface area contributed by atoms with E-state index in [9.17, 15) is 8.42 Å². The summed E-state index contributed by atoms with van der Waals surface area (Å²) in [5.74, 6) is 0. The maximum atomic E-state index is 11.5. The number of sulfonamides is 1. The SMILES string of the molecule is CCN(CCCNC1CCC2(CCCC2)CC1)S(C)(=O)=O. The summed E-state index contributed by atoms with van der Waals surface area (Å²) in [7, 11) is -3.03. The normalized spacial score (nSPS) is 23.2. The van der Waals surface area contributed by atoms with Crippen LogP contribution < -0.4 is 5.32 Å². The molecule has 2 aliphatic rings. The molecule has 0 aromatic carbocycles. The van der Waals surface area contributed by atoms with E-state index in [0.29, 0.717) is 24.5 Å². The van der Waals surface area contributed by atoms with Gasteiger partial charge in [-0.2, -0.15) is 0 Å². The van der Waals surface area contributed by atoms with Crippen molar-refractivity contribution < 1.29 is 8.42 Å². The summed E-state index contributed by atoms with van der Waals surface area (Å²) in [6, 6.07) is 0.657. The Kier molecular flexibility index (Phi) is 6.09. The number of hydrogen-bond donors (Lipinski definition) is 1. The van der Waals surface area contributed by atoms with Crippen LogP contribution in [0.3, 0.4) is 0 Å². The molecule has 4 nitrogen and oxygen atoms in total. The van der Waals surface area contributed by atoms with Gasteiger partial charge in [0.15, 0.2) is 0 Å². The quantitative estimate of drug-likeness (QED) is 0.735. The van der Waals surface area contributed by atoms with Crippen LogP contribution in [0.4, 0.5) is 0 Å².